The zero-order valence-corrected chi connectivity index (χ0v) is 18.4. The van der Waals surface area contributed by atoms with Crippen molar-refractivity contribution < 1.29 is 23.5 Å². The minimum absolute atomic E-state index is 0.0441. The van der Waals surface area contributed by atoms with Gasteiger partial charge in [0.2, 0.25) is 5.91 Å². The Morgan fingerprint density at radius 1 is 1.30 bits per heavy atom. The number of nitrogens with zero attached hydrogens (tertiary/aromatic N) is 1. The first kappa shape index (κ1) is 22.7. The van der Waals surface area contributed by atoms with Crippen molar-refractivity contribution in [1.29, 1.82) is 0 Å². The maximum atomic E-state index is 14.4. The molecule has 0 unspecified atom stereocenters. The monoisotopic (exact) mass is 436 g/mol. The van der Waals surface area contributed by atoms with Crippen LogP contribution in [0.4, 0.5) is 4.39 Å². The highest BCUT2D eigenvalue weighted by Crippen LogP contribution is 2.35. The van der Waals surface area contributed by atoms with Crippen molar-refractivity contribution in [3.63, 3.8) is 0 Å². The highest BCUT2D eigenvalue weighted by atomic mass is 32.1. The molecule has 2 aromatic rings. The molecule has 0 atom stereocenters. The molecule has 1 fully saturated rings. The van der Waals surface area contributed by atoms with E-state index in [0.29, 0.717) is 61.5 Å². The second-order valence-corrected chi connectivity index (χ2v) is 8.42. The summed E-state index contributed by atoms with van der Waals surface area (Å²) in [7, 11) is 1.54. The topological polar surface area (TPSA) is 67.9 Å². The van der Waals surface area contributed by atoms with Gasteiger partial charge in [-0.1, -0.05) is 6.07 Å². The fraction of sp³-hybridized carbons (Fsp3) is 0.545. The van der Waals surface area contributed by atoms with Crippen LogP contribution >= 0.6 is 11.3 Å². The second kappa shape index (κ2) is 10.8. The van der Waals surface area contributed by atoms with Crippen molar-refractivity contribution in [2.24, 2.45) is 5.92 Å². The maximum absolute atomic E-state index is 14.4. The van der Waals surface area contributed by atoms with E-state index >= 15 is 0 Å². The van der Waals surface area contributed by atoms with Crippen LogP contribution in [-0.4, -0.2) is 56.7 Å². The Morgan fingerprint density at radius 2 is 2.07 bits per heavy atom. The molecule has 0 spiro atoms. The van der Waals surface area contributed by atoms with Gasteiger partial charge in [-0.2, -0.15) is 0 Å². The lowest BCUT2D eigenvalue weighted by Gasteiger charge is -2.31. The first-order chi connectivity index (χ1) is 14.6. The van der Waals surface area contributed by atoms with Gasteiger partial charge in [-0.15, -0.1) is 11.3 Å². The number of benzene rings is 1. The van der Waals surface area contributed by atoms with Crippen molar-refractivity contribution in [3.05, 3.63) is 34.5 Å². The number of methoxy groups -OCH3 is 1. The first-order valence-electron chi connectivity index (χ1n) is 10.4. The predicted octanol–water partition coefficient (Wildman–Crippen LogP) is 3.58. The number of halogens is 1. The van der Waals surface area contributed by atoms with Gasteiger partial charge in [0, 0.05) is 61.5 Å². The highest BCUT2D eigenvalue weighted by Gasteiger charge is 2.30. The van der Waals surface area contributed by atoms with E-state index in [1.54, 1.807) is 11.0 Å². The molecule has 1 aromatic heterocycles. The zero-order valence-electron chi connectivity index (χ0n) is 17.5. The number of ether oxygens (including phenoxy) is 2. The summed E-state index contributed by atoms with van der Waals surface area (Å²) >= 11 is 1.30. The van der Waals surface area contributed by atoms with E-state index in [4.69, 9.17) is 9.47 Å². The smallest absolute Gasteiger partial charge is 0.264 e. The number of rotatable bonds is 9. The van der Waals surface area contributed by atoms with Crippen LogP contribution < -0.4 is 5.32 Å². The molecule has 1 N–H and O–H groups in total. The van der Waals surface area contributed by atoms with Crippen molar-refractivity contribution >= 4 is 33.2 Å². The standard InChI is InChI=1S/C22H29FN2O4S/c1-3-29-13-5-10-24-21(26)15-8-11-25(12-9-15)22(27)20-16(14-28-2)19-17(23)6-4-7-18(19)30-20/h4,6-7,15H,3,5,8-14H2,1-2H3,(H,24,26). The summed E-state index contributed by atoms with van der Waals surface area (Å²) in [5.41, 5.74) is 0.606. The van der Waals surface area contributed by atoms with Crippen LogP contribution in [0.2, 0.25) is 0 Å². The van der Waals surface area contributed by atoms with Gasteiger partial charge in [-0.05, 0) is 38.3 Å². The number of nitrogens with one attached hydrogen (secondary N) is 1. The highest BCUT2D eigenvalue weighted by molar-refractivity contribution is 7.21. The average Bonchev–Trinajstić information content (AvgIpc) is 3.13. The first-order valence-corrected chi connectivity index (χ1v) is 11.2. The Kier molecular flexibility index (Phi) is 8.18. The molecule has 2 amide bonds. The zero-order chi connectivity index (χ0) is 21.5. The Morgan fingerprint density at radius 3 is 2.77 bits per heavy atom. The van der Waals surface area contributed by atoms with Crippen LogP contribution in [-0.2, 0) is 20.9 Å². The Bertz CT molecular complexity index is 877. The molecule has 0 saturated carbocycles. The molecule has 164 valence electrons. The summed E-state index contributed by atoms with van der Waals surface area (Å²) in [5, 5.41) is 3.43. The molecule has 0 aliphatic carbocycles. The fourth-order valence-corrected chi connectivity index (χ4v) is 4.97. The number of carbonyl (C=O) groups is 2. The lowest BCUT2D eigenvalue weighted by Crippen LogP contribution is -2.43. The number of amides is 2. The van der Waals surface area contributed by atoms with Crippen LogP contribution in [0.3, 0.4) is 0 Å². The predicted molar refractivity (Wildman–Crippen MR) is 115 cm³/mol. The average molecular weight is 437 g/mol. The van der Waals surface area contributed by atoms with Crippen molar-refractivity contribution in [3.8, 4) is 0 Å². The third-order valence-electron chi connectivity index (χ3n) is 5.37. The third-order valence-corrected chi connectivity index (χ3v) is 6.55. The van der Waals surface area contributed by atoms with Gasteiger partial charge < -0.3 is 19.7 Å². The quantitative estimate of drug-likeness (QED) is 0.610. The fourth-order valence-electron chi connectivity index (χ4n) is 3.79. The van der Waals surface area contributed by atoms with Gasteiger partial charge in [-0.25, -0.2) is 4.39 Å². The number of likely N-dealkylation sites (tertiary alicyclic amines) is 1. The Balaban J connectivity index is 1.61. The molecule has 6 nitrogen and oxygen atoms in total. The SMILES string of the molecule is CCOCCCNC(=O)C1CCN(C(=O)c2sc3cccc(F)c3c2COC)CC1. The van der Waals surface area contributed by atoms with E-state index in [9.17, 15) is 14.0 Å². The Hall–Kier alpha value is -2.03. The lowest BCUT2D eigenvalue weighted by molar-refractivity contribution is -0.126. The number of piperidine rings is 1. The lowest BCUT2D eigenvalue weighted by atomic mass is 9.95. The van der Waals surface area contributed by atoms with Gasteiger partial charge >= 0.3 is 0 Å². The van der Waals surface area contributed by atoms with Crippen molar-refractivity contribution in [1.82, 2.24) is 10.2 Å². The molecule has 0 bridgehead atoms. The summed E-state index contributed by atoms with van der Waals surface area (Å²) in [5.74, 6) is -0.491. The molecular weight excluding hydrogens is 407 g/mol. The van der Waals surface area contributed by atoms with Crippen molar-refractivity contribution in [2.45, 2.75) is 32.8 Å². The van der Waals surface area contributed by atoms with Gasteiger partial charge in [-0.3, -0.25) is 9.59 Å². The summed E-state index contributed by atoms with van der Waals surface area (Å²) in [6, 6.07) is 4.87. The van der Waals surface area contributed by atoms with Gasteiger partial charge in [0.1, 0.15) is 5.82 Å². The van der Waals surface area contributed by atoms with Crippen LogP contribution in [0.15, 0.2) is 18.2 Å². The largest absolute Gasteiger partial charge is 0.382 e. The number of thiophene rings is 1. The molecule has 1 saturated heterocycles. The van der Waals surface area contributed by atoms with E-state index in [1.807, 2.05) is 13.0 Å². The van der Waals surface area contributed by atoms with E-state index in [-0.39, 0.29) is 30.2 Å². The van der Waals surface area contributed by atoms with Crippen LogP contribution in [0, 0.1) is 11.7 Å². The molecule has 30 heavy (non-hydrogen) atoms. The summed E-state index contributed by atoms with van der Waals surface area (Å²) in [4.78, 5) is 27.8. The molecule has 1 aromatic carbocycles. The minimum atomic E-state index is -0.338. The molecular formula is C22H29FN2O4S. The number of hydrogen-bond donors (Lipinski definition) is 1. The molecule has 1 aliphatic heterocycles. The van der Waals surface area contributed by atoms with E-state index in [1.165, 1.54) is 24.5 Å². The van der Waals surface area contributed by atoms with Gasteiger partial charge in [0.15, 0.2) is 0 Å². The number of carbonyl (C=O) groups excluding carboxylic acids is 2. The molecule has 1 aliphatic rings. The Labute approximate surface area is 180 Å². The van der Waals surface area contributed by atoms with Crippen LogP contribution in [0.1, 0.15) is 41.4 Å². The molecule has 3 rings (SSSR count). The van der Waals surface area contributed by atoms with E-state index in [2.05, 4.69) is 5.32 Å². The minimum Gasteiger partial charge on any atom is -0.382 e. The summed E-state index contributed by atoms with van der Waals surface area (Å²) in [6.45, 7) is 5.08. The molecule has 8 heteroatoms. The number of fused-ring (bicyclic) bond motifs is 1. The van der Waals surface area contributed by atoms with Crippen LogP contribution in [0.5, 0.6) is 0 Å². The second-order valence-electron chi connectivity index (χ2n) is 7.36. The van der Waals surface area contributed by atoms with Crippen LogP contribution in [0.25, 0.3) is 10.1 Å². The third kappa shape index (κ3) is 5.17. The maximum Gasteiger partial charge on any atom is 0.264 e. The summed E-state index contributed by atoms with van der Waals surface area (Å²) < 4.78 is 25.6. The number of hydrogen-bond acceptors (Lipinski definition) is 5. The normalized spacial score (nSPS) is 15.0. The molecule has 0 radical (unpaired) electrons. The van der Waals surface area contributed by atoms with E-state index < -0.39 is 0 Å². The molecule has 2 heterocycles. The van der Waals surface area contributed by atoms with Gasteiger partial charge in [0.25, 0.3) is 5.91 Å². The van der Waals surface area contributed by atoms with Crippen molar-refractivity contribution in [2.75, 3.05) is 40.0 Å². The van der Waals surface area contributed by atoms with E-state index in [0.717, 1.165) is 11.1 Å². The summed E-state index contributed by atoms with van der Waals surface area (Å²) in [6.07, 6.45) is 2.05. The van der Waals surface area contributed by atoms with Gasteiger partial charge in [0.05, 0.1) is 11.5 Å².